The van der Waals surface area contributed by atoms with Crippen LogP contribution < -0.4 is 19.9 Å². The molecule has 2 aromatic heterocycles. The molecular formula is C48H50F2N8O6. The number of aromatic nitrogens is 2. The van der Waals surface area contributed by atoms with Crippen molar-refractivity contribution in [3.05, 3.63) is 88.7 Å². The second-order valence-electron chi connectivity index (χ2n) is 19.0. The van der Waals surface area contributed by atoms with Crippen LogP contribution in [0.2, 0.25) is 0 Å². The Balaban J connectivity index is 0.761. The van der Waals surface area contributed by atoms with Crippen molar-refractivity contribution in [1.29, 1.82) is 5.26 Å². The average molecular weight is 873 g/mol. The minimum absolute atomic E-state index is 0.00109. The van der Waals surface area contributed by atoms with E-state index in [1.54, 1.807) is 18.3 Å². The minimum Gasteiger partial charge on any atom is -0.489 e. The number of hydrogen-bond acceptors (Lipinski definition) is 12. The normalized spacial score (nSPS) is 23.5. The lowest BCUT2D eigenvalue weighted by Gasteiger charge is -2.63. The molecule has 2 aromatic carbocycles. The number of carbonyl (C=O) groups excluding carboxylic acids is 5. The molecule has 4 fully saturated rings. The van der Waals surface area contributed by atoms with Crippen LogP contribution in [0.15, 0.2) is 54.9 Å². The number of nitrogens with one attached hydrogen (secondary N) is 1. The Morgan fingerprint density at radius 1 is 0.875 bits per heavy atom. The molecule has 4 aromatic rings. The van der Waals surface area contributed by atoms with E-state index in [4.69, 9.17) is 4.74 Å². The summed E-state index contributed by atoms with van der Waals surface area (Å²) in [5.74, 6) is -2.74. The molecule has 14 nitrogen and oxygen atoms in total. The van der Waals surface area contributed by atoms with E-state index < -0.39 is 41.3 Å². The van der Waals surface area contributed by atoms with Crippen molar-refractivity contribution in [3.63, 3.8) is 0 Å². The van der Waals surface area contributed by atoms with Crippen molar-refractivity contribution in [2.45, 2.75) is 71.9 Å². The maximum atomic E-state index is 15.7. The highest BCUT2D eigenvalue weighted by Crippen LogP contribution is 2.62. The second kappa shape index (κ2) is 16.3. The first-order valence-electron chi connectivity index (χ1n) is 22.0. The lowest BCUT2D eigenvalue weighted by molar-refractivity contribution is -0.195. The highest BCUT2D eigenvalue weighted by Gasteiger charge is 2.63. The first-order chi connectivity index (χ1) is 30.6. The number of rotatable bonds is 10. The lowest BCUT2D eigenvalue weighted by Crippen LogP contribution is -2.66. The predicted octanol–water partition coefficient (Wildman–Crippen LogP) is 5.92. The standard InChI is InChI=1S/C48H50F2N8O6/c1-47(2)39(48(3,4)46(47)64-38-9-7-28(24-51)41-30(38)6-5-13-52-41)23-37(59)29-20-34(50)42(53-25-29)57-14-11-27(12-15-57)26-55-16-18-56(19-17-55)36-22-32-31(21-33(36)49)44(62)58(45(32)63)35-8-10-40(60)54-43(35)61/h5-7,9,13,20-22,25,27,35,39,46H,8,10-12,14-19,23,26H2,1-4H3,(H,54,60,61). The molecule has 0 spiro atoms. The molecule has 6 heterocycles. The van der Waals surface area contributed by atoms with Gasteiger partial charge < -0.3 is 14.5 Å². The van der Waals surface area contributed by atoms with Crippen LogP contribution in [0.1, 0.15) is 96.4 Å². The van der Waals surface area contributed by atoms with Crippen LogP contribution in [0.5, 0.6) is 5.75 Å². The molecular weight excluding hydrogens is 823 g/mol. The maximum Gasteiger partial charge on any atom is 0.262 e. The lowest BCUT2D eigenvalue weighted by atomic mass is 9.44. The first-order valence-corrected chi connectivity index (χ1v) is 22.0. The molecule has 0 bridgehead atoms. The summed E-state index contributed by atoms with van der Waals surface area (Å²) in [7, 11) is 0. The molecule has 5 aliphatic rings. The van der Waals surface area contributed by atoms with Crippen molar-refractivity contribution in [2.75, 3.05) is 55.6 Å². The van der Waals surface area contributed by atoms with Crippen LogP contribution in [0.3, 0.4) is 0 Å². The summed E-state index contributed by atoms with van der Waals surface area (Å²) >= 11 is 0. The molecule has 16 heteroatoms. The van der Waals surface area contributed by atoms with E-state index in [1.165, 1.54) is 18.3 Å². The smallest absolute Gasteiger partial charge is 0.262 e. The molecule has 332 valence electrons. The summed E-state index contributed by atoms with van der Waals surface area (Å²) in [5.41, 5.74) is 0.697. The Morgan fingerprint density at radius 3 is 2.25 bits per heavy atom. The highest BCUT2D eigenvalue weighted by molar-refractivity contribution is 6.23. The van der Waals surface area contributed by atoms with Crippen molar-refractivity contribution >= 4 is 51.8 Å². The largest absolute Gasteiger partial charge is 0.489 e. The highest BCUT2D eigenvalue weighted by atomic mass is 19.1. The van der Waals surface area contributed by atoms with Crippen LogP contribution in [-0.4, -0.2) is 107 Å². The van der Waals surface area contributed by atoms with Crippen LogP contribution >= 0.6 is 0 Å². The third-order valence-electron chi connectivity index (χ3n) is 14.4. The number of piperidine rings is 2. The van der Waals surface area contributed by atoms with Gasteiger partial charge >= 0.3 is 0 Å². The van der Waals surface area contributed by atoms with Crippen LogP contribution in [0.25, 0.3) is 10.9 Å². The Kier molecular flexibility index (Phi) is 11.0. The van der Waals surface area contributed by atoms with Crippen LogP contribution in [0.4, 0.5) is 20.3 Å². The van der Waals surface area contributed by atoms with E-state index in [2.05, 4.69) is 53.9 Å². The van der Waals surface area contributed by atoms with Crippen molar-refractivity contribution in [1.82, 2.24) is 25.1 Å². The molecule has 1 aliphatic carbocycles. The van der Waals surface area contributed by atoms with Gasteiger partial charge in [0.1, 0.15) is 29.8 Å². The summed E-state index contributed by atoms with van der Waals surface area (Å²) in [6.45, 7) is 12.7. The minimum atomic E-state index is -1.12. The number of ketones is 1. The summed E-state index contributed by atoms with van der Waals surface area (Å²) in [5, 5.41) is 12.5. The Bertz CT molecular complexity index is 2630. The Morgan fingerprint density at radius 2 is 1.58 bits per heavy atom. The number of amides is 4. The molecule has 64 heavy (non-hydrogen) atoms. The Hall–Kier alpha value is -6.34. The van der Waals surface area contributed by atoms with Gasteiger partial charge in [0, 0.05) is 92.8 Å². The quantitative estimate of drug-likeness (QED) is 0.148. The topological polar surface area (TPSA) is 169 Å². The third kappa shape index (κ3) is 7.42. The zero-order valence-electron chi connectivity index (χ0n) is 36.3. The zero-order chi connectivity index (χ0) is 45.2. The molecule has 0 radical (unpaired) electrons. The van der Waals surface area contributed by atoms with E-state index in [-0.39, 0.29) is 76.1 Å². The number of nitrogens with zero attached hydrogens (tertiary/aromatic N) is 7. The summed E-state index contributed by atoms with van der Waals surface area (Å²) < 4.78 is 37.9. The van der Waals surface area contributed by atoms with E-state index in [9.17, 15) is 29.2 Å². The number of halogens is 2. The number of imide groups is 2. The van der Waals surface area contributed by atoms with Gasteiger partial charge in [0.2, 0.25) is 11.8 Å². The van der Waals surface area contributed by atoms with Crippen LogP contribution in [-0.2, 0) is 9.59 Å². The summed E-state index contributed by atoms with van der Waals surface area (Å²) in [6.07, 6.45) is 4.79. The van der Waals surface area contributed by atoms with Gasteiger partial charge in [0.15, 0.2) is 17.4 Å². The number of fused-ring (bicyclic) bond motifs is 2. The van der Waals surface area contributed by atoms with E-state index in [0.29, 0.717) is 62.0 Å². The fraction of sp³-hybridized carbons (Fsp3) is 0.458. The van der Waals surface area contributed by atoms with Gasteiger partial charge in [-0.2, -0.15) is 5.26 Å². The predicted molar refractivity (Wildman–Crippen MR) is 232 cm³/mol. The summed E-state index contributed by atoms with van der Waals surface area (Å²) in [6, 6.07) is 12.1. The molecule has 1 N–H and O–H groups in total. The van der Waals surface area contributed by atoms with Gasteiger partial charge in [0.05, 0.1) is 27.9 Å². The zero-order valence-corrected chi connectivity index (χ0v) is 36.3. The first kappa shape index (κ1) is 42.9. The number of Topliss-reactive ketones (excluding diaryl/α,β-unsaturated/α-hetero) is 1. The van der Waals surface area contributed by atoms with Gasteiger partial charge in [-0.1, -0.05) is 27.7 Å². The fourth-order valence-electron chi connectivity index (χ4n) is 11.2. The molecule has 3 saturated heterocycles. The Labute approximate surface area is 369 Å². The maximum absolute atomic E-state index is 15.7. The van der Waals surface area contributed by atoms with Gasteiger partial charge in [-0.15, -0.1) is 0 Å². The van der Waals surface area contributed by atoms with Gasteiger partial charge in [-0.05, 0) is 73.6 Å². The molecule has 1 saturated carbocycles. The molecule has 1 unspecified atom stereocenters. The van der Waals surface area contributed by atoms with E-state index >= 15 is 8.78 Å². The number of pyridine rings is 2. The average Bonchev–Trinajstić information content (AvgIpc) is 3.51. The third-order valence-corrected chi connectivity index (χ3v) is 14.4. The van der Waals surface area contributed by atoms with Crippen LogP contribution in [0, 0.1) is 45.6 Å². The van der Waals surface area contributed by atoms with E-state index in [0.717, 1.165) is 35.7 Å². The number of benzene rings is 2. The van der Waals surface area contributed by atoms with Crippen molar-refractivity contribution in [2.24, 2.45) is 22.7 Å². The van der Waals surface area contributed by atoms with E-state index in [1.807, 2.05) is 21.9 Å². The summed E-state index contributed by atoms with van der Waals surface area (Å²) in [4.78, 5) is 80.1. The molecule has 4 amide bonds. The number of hydrogen-bond donors (Lipinski definition) is 1. The fourth-order valence-corrected chi connectivity index (χ4v) is 11.2. The van der Waals surface area contributed by atoms with Gasteiger partial charge in [0.25, 0.3) is 11.8 Å². The number of ether oxygens (including phenoxy) is 1. The number of nitriles is 1. The van der Waals surface area contributed by atoms with Crippen molar-refractivity contribution in [3.8, 4) is 11.8 Å². The van der Waals surface area contributed by atoms with Crippen molar-refractivity contribution < 1.29 is 37.5 Å². The SMILES string of the molecule is CC1(C)C(CC(=O)c2cnc(N3CCC(CN4CCN(c5cc6c(cc5F)C(=O)N(C5CCC(=O)NC5=O)C6=O)CC4)CC3)c(F)c2)C(C)(C)C1Oc1ccc(C#N)c2ncccc12. The molecule has 1 atom stereocenters. The number of piperazine rings is 1. The van der Waals surface area contributed by atoms with Gasteiger partial charge in [-0.3, -0.25) is 44.1 Å². The number of anilines is 2. The molecule has 9 rings (SSSR count). The second-order valence-corrected chi connectivity index (χ2v) is 19.0. The number of carbonyl (C=O) groups is 5. The molecule has 4 aliphatic heterocycles. The monoisotopic (exact) mass is 872 g/mol. The van der Waals surface area contributed by atoms with Gasteiger partial charge in [-0.25, -0.2) is 13.8 Å².